The van der Waals surface area contributed by atoms with Crippen LogP contribution in [0.4, 0.5) is 0 Å². The van der Waals surface area contributed by atoms with E-state index >= 15 is 0 Å². The lowest BCUT2D eigenvalue weighted by molar-refractivity contribution is -0.153. The van der Waals surface area contributed by atoms with E-state index in [0.717, 1.165) is 44.8 Å². The molecule has 0 aromatic carbocycles. The van der Waals surface area contributed by atoms with Crippen LogP contribution in [0.3, 0.4) is 0 Å². The van der Waals surface area contributed by atoms with Crippen LogP contribution in [0.2, 0.25) is 0 Å². The molecule has 1 saturated heterocycles. The van der Waals surface area contributed by atoms with Crippen molar-refractivity contribution in [2.45, 2.75) is 69.9 Å². The van der Waals surface area contributed by atoms with Crippen LogP contribution in [0.1, 0.15) is 57.8 Å². The number of rotatable bonds is 5. The first-order valence-corrected chi connectivity index (χ1v) is 10.7. The van der Waals surface area contributed by atoms with Crippen molar-refractivity contribution in [3.8, 4) is 0 Å². The minimum absolute atomic E-state index is 0.154. The summed E-state index contributed by atoms with van der Waals surface area (Å²) in [6.45, 7) is -0.0176. The quantitative estimate of drug-likeness (QED) is 0.587. The maximum atomic E-state index is 12.2. The van der Waals surface area contributed by atoms with E-state index in [1.165, 1.54) is 17.1 Å². The number of nitrogens with one attached hydrogen (secondary N) is 1. The molecular weight excluding hydrogens is 332 g/mol. The van der Waals surface area contributed by atoms with Gasteiger partial charge in [0.05, 0.1) is 6.26 Å². The summed E-state index contributed by atoms with van der Waals surface area (Å²) in [7, 11) is -3.45. The number of hydrogen-bond acceptors (Lipinski definition) is 5. The van der Waals surface area contributed by atoms with Crippen LogP contribution in [0.5, 0.6) is 0 Å². The first-order valence-electron chi connectivity index (χ1n) is 8.81. The molecule has 0 bridgehead atoms. The highest BCUT2D eigenvalue weighted by molar-refractivity contribution is 7.88. The standard InChI is InChI=1S/C16H28N2O5S/c1-24(21,22)18-11-7-6-10-14(18)16(20)23-12-15(19)17-13-8-4-2-3-5-9-13/h13-14H,2-12H2,1H3,(H,17,19). The number of hydrogen-bond donors (Lipinski definition) is 1. The van der Waals surface area contributed by atoms with Gasteiger partial charge in [-0.1, -0.05) is 25.7 Å². The molecule has 7 nitrogen and oxygen atoms in total. The van der Waals surface area contributed by atoms with Crippen molar-refractivity contribution in [3.63, 3.8) is 0 Å². The molecule has 1 unspecified atom stereocenters. The van der Waals surface area contributed by atoms with Gasteiger partial charge in [0.2, 0.25) is 10.0 Å². The van der Waals surface area contributed by atoms with Crippen molar-refractivity contribution < 1.29 is 22.7 Å². The number of carbonyl (C=O) groups excluding carboxylic acids is 2. The summed E-state index contributed by atoms with van der Waals surface area (Å²) in [6.07, 6.45) is 9.59. The number of sulfonamides is 1. The van der Waals surface area contributed by atoms with Gasteiger partial charge in [-0.05, 0) is 32.1 Å². The Morgan fingerprint density at radius 3 is 2.29 bits per heavy atom. The van der Waals surface area contributed by atoms with E-state index in [9.17, 15) is 18.0 Å². The molecule has 24 heavy (non-hydrogen) atoms. The van der Waals surface area contributed by atoms with Gasteiger partial charge in [-0.15, -0.1) is 0 Å². The predicted octanol–water partition coefficient (Wildman–Crippen LogP) is 1.18. The summed E-state index contributed by atoms with van der Waals surface area (Å²) in [5.41, 5.74) is 0. The highest BCUT2D eigenvalue weighted by Gasteiger charge is 2.35. The highest BCUT2D eigenvalue weighted by Crippen LogP contribution is 2.21. The monoisotopic (exact) mass is 360 g/mol. The van der Waals surface area contributed by atoms with Gasteiger partial charge in [0, 0.05) is 12.6 Å². The van der Waals surface area contributed by atoms with Crippen LogP contribution in [0, 0.1) is 0 Å². The first-order chi connectivity index (χ1) is 11.4. The maximum absolute atomic E-state index is 12.2. The minimum Gasteiger partial charge on any atom is -0.454 e. The van der Waals surface area contributed by atoms with Crippen molar-refractivity contribution in [2.75, 3.05) is 19.4 Å². The van der Waals surface area contributed by atoms with Gasteiger partial charge in [0.15, 0.2) is 6.61 Å². The highest BCUT2D eigenvalue weighted by atomic mass is 32.2. The average Bonchev–Trinajstić information content (AvgIpc) is 2.80. The molecule has 0 aromatic heterocycles. The molecule has 1 aliphatic heterocycles. The van der Waals surface area contributed by atoms with Gasteiger partial charge in [-0.25, -0.2) is 8.42 Å². The van der Waals surface area contributed by atoms with Crippen LogP contribution >= 0.6 is 0 Å². The molecule has 1 N–H and O–H groups in total. The van der Waals surface area contributed by atoms with E-state index in [4.69, 9.17) is 4.74 Å². The second-order valence-corrected chi connectivity index (χ2v) is 8.68. The van der Waals surface area contributed by atoms with E-state index < -0.39 is 22.0 Å². The molecule has 0 spiro atoms. The van der Waals surface area contributed by atoms with Gasteiger partial charge >= 0.3 is 5.97 Å². The number of carbonyl (C=O) groups is 2. The second-order valence-electron chi connectivity index (χ2n) is 6.75. The van der Waals surface area contributed by atoms with Gasteiger partial charge in [0.25, 0.3) is 5.91 Å². The average molecular weight is 360 g/mol. The smallest absolute Gasteiger partial charge is 0.324 e. The molecule has 138 valence electrons. The van der Waals surface area contributed by atoms with Crippen LogP contribution in [0.15, 0.2) is 0 Å². The Balaban J connectivity index is 1.81. The van der Waals surface area contributed by atoms with E-state index in [-0.39, 0.29) is 18.6 Å². The van der Waals surface area contributed by atoms with Crippen LogP contribution < -0.4 is 5.32 Å². The Labute approximate surface area is 144 Å². The topological polar surface area (TPSA) is 92.8 Å². The summed E-state index contributed by atoms with van der Waals surface area (Å²) < 4.78 is 29.8. The number of amides is 1. The Kier molecular flexibility index (Phi) is 7.03. The molecular formula is C16H28N2O5S. The van der Waals surface area contributed by atoms with E-state index in [1.54, 1.807) is 0 Å². The van der Waals surface area contributed by atoms with Crippen molar-refractivity contribution in [1.29, 1.82) is 0 Å². The van der Waals surface area contributed by atoms with Gasteiger partial charge in [-0.2, -0.15) is 4.31 Å². The minimum atomic E-state index is -3.45. The van der Waals surface area contributed by atoms with E-state index in [2.05, 4.69) is 5.32 Å². The summed E-state index contributed by atoms with van der Waals surface area (Å²) >= 11 is 0. The van der Waals surface area contributed by atoms with Crippen molar-refractivity contribution in [1.82, 2.24) is 9.62 Å². The molecule has 2 fully saturated rings. The van der Waals surface area contributed by atoms with Crippen molar-refractivity contribution in [2.24, 2.45) is 0 Å². The number of ether oxygens (including phenoxy) is 1. The zero-order valence-electron chi connectivity index (χ0n) is 14.3. The first kappa shape index (κ1) is 19.2. The zero-order chi connectivity index (χ0) is 17.6. The third-order valence-corrected chi connectivity index (χ3v) is 6.01. The second kappa shape index (κ2) is 8.80. The molecule has 8 heteroatoms. The predicted molar refractivity (Wildman–Crippen MR) is 89.8 cm³/mol. The van der Waals surface area contributed by atoms with Gasteiger partial charge < -0.3 is 10.1 Å². The Bertz CT molecular complexity index is 541. The summed E-state index contributed by atoms with van der Waals surface area (Å²) in [5, 5.41) is 2.91. The van der Waals surface area contributed by atoms with Crippen molar-refractivity contribution >= 4 is 21.9 Å². The van der Waals surface area contributed by atoms with Gasteiger partial charge in [0.1, 0.15) is 6.04 Å². The Hall–Kier alpha value is -1.15. The molecule has 2 rings (SSSR count). The summed E-state index contributed by atoms with van der Waals surface area (Å²) in [6, 6.07) is -0.652. The lowest BCUT2D eigenvalue weighted by atomic mass is 10.1. The molecule has 1 heterocycles. The van der Waals surface area contributed by atoms with E-state index in [1.807, 2.05) is 0 Å². The fourth-order valence-electron chi connectivity index (χ4n) is 3.46. The lowest BCUT2D eigenvalue weighted by Crippen LogP contribution is -2.48. The van der Waals surface area contributed by atoms with E-state index in [0.29, 0.717) is 13.0 Å². The molecule has 1 saturated carbocycles. The number of esters is 1. The van der Waals surface area contributed by atoms with Gasteiger partial charge in [-0.3, -0.25) is 9.59 Å². The lowest BCUT2D eigenvalue weighted by Gasteiger charge is -2.31. The molecule has 0 aromatic rings. The van der Waals surface area contributed by atoms with Crippen molar-refractivity contribution in [3.05, 3.63) is 0 Å². The molecule has 1 atom stereocenters. The van der Waals surface area contributed by atoms with Crippen LogP contribution in [0.25, 0.3) is 0 Å². The Morgan fingerprint density at radius 2 is 1.67 bits per heavy atom. The normalized spacial score (nSPS) is 24.1. The molecule has 0 radical (unpaired) electrons. The maximum Gasteiger partial charge on any atom is 0.324 e. The zero-order valence-corrected chi connectivity index (χ0v) is 15.1. The van der Waals surface area contributed by atoms with Crippen LogP contribution in [-0.2, 0) is 24.3 Å². The largest absolute Gasteiger partial charge is 0.454 e. The fraction of sp³-hybridized carbons (Fsp3) is 0.875. The summed E-state index contributed by atoms with van der Waals surface area (Å²) in [4.78, 5) is 24.2. The SMILES string of the molecule is CS(=O)(=O)N1CCCCC1C(=O)OCC(=O)NC1CCCCCC1. The number of piperidine rings is 1. The third kappa shape index (κ3) is 5.73. The third-order valence-electron chi connectivity index (χ3n) is 4.72. The fourth-order valence-corrected chi connectivity index (χ4v) is 4.58. The number of nitrogens with zero attached hydrogens (tertiary/aromatic N) is 1. The van der Waals surface area contributed by atoms with Crippen LogP contribution in [-0.4, -0.2) is 56.1 Å². The Morgan fingerprint density at radius 1 is 1.04 bits per heavy atom. The molecule has 2 aliphatic rings. The molecule has 1 aliphatic carbocycles. The summed E-state index contributed by atoms with van der Waals surface area (Å²) in [5.74, 6) is -0.937. The molecule has 1 amide bonds.